The van der Waals surface area contributed by atoms with E-state index in [9.17, 15) is 9.59 Å². The van der Waals surface area contributed by atoms with Crippen LogP contribution in [0.25, 0.3) is 16.9 Å². The Morgan fingerprint density at radius 3 is 2.36 bits per heavy atom. The lowest BCUT2D eigenvalue weighted by Gasteiger charge is -2.24. The molecule has 0 saturated carbocycles. The second-order valence-corrected chi connectivity index (χ2v) is 7.80. The molecule has 4 aromatic rings. The molecule has 0 aliphatic carbocycles. The zero-order valence-corrected chi connectivity index (χ0v) is 17.8. The first kappa shape index (κ1) is 20.5. The fourth-order valence-electron chi connectivity index (χ4n) is 3.85. The number of aromatic nitrogens is 2. The summed E-state index contributed by atoms with van der Waals surface area (Å²) in [5.41, 5.74) is 8.60. The van der Waals surface area contributed by atoms with E-state index in [0.717, 1.165) is 22.6 Å². The van der Waals surface area contributed by atoms with E-state index in [1.165, 1.54) is 0 Å². The molecule has 7 nitrogen and oxygen atoms in total. The molecule has 7 heteroatoms. The minimum atomic E-state index is -0.443. The van der Waals surface area contributed by atoms with Crippen molar-refractivity contribution in [3.8, 4) is 22.7 Å². The number of carbonyl (C=O) groups is 2. The molecule has 1 aliphatic heterocycles. The molecule has 164 valence electrons. The molecular weight excluding hydrogens is 416 g/mol. The average Bonchev–Trinajstić information content (AvgIpc) is 3.33. The highest BCUT2D eigenvalue weighted by Crippen LogP contribution is 2.27. The van der Waals surface area contributed by atoms with Crippen molar-refractivity contribution in [2.24, 2.45) is 5.92 Å². The first-order chi connectivity index (χ1) is 16.2. The first-order valence-electron chi connectivity index (χ1n) is 10.7. The van der Waals surface area contributed by atoms with Crippen LogP contribution in [0.3, 0.4) is 0 Å². The molecule has 2 N–H and O–H groups in total. The zero-order chi connectivity index (χ0) is 22.6. The van der Waals surface area contributed by atoms with Gasteiger partial charge in [0, 0.05) is 11.8 Å². The molecule has 5 rings (SSSR count). The molecule has 1 aromatic heterocycles. The molecule has 0 radical (unpaired) electrons. The Morgan fingerprint density at radius 2 is 1.58 bits per heavy atom. The topological polar surface area (TPSA) is 85.3 Å². The van der Waals surface area contributed by atoms with E-state index < -0.39 is 5.91 Å². The van der Waals surface area contributed by atoms with Gasteiger partial charge in [-0.25, -0.2) is 4.68 Å². The number of nitrogens with zero attached hydrogens (tertiary/aromatic N) is 2. The third-order valence-corrected chi connectivity index (χ3v) is 5.58. The number of rotatable bonds is 4. The molecule has 1 aliphatic rings. The van der Waals surface area contributed by atoms with Gasteiger partial charge in [-0.15, -0.1) is 0 Å². The number of fused-ring (bicyclic) bond motifs is 1. The zero-order valence-electron chi connectivity index (χ0n) is 17.8. The van der Waals surface area contributed by atoms with Crippen molar-refractivity contribution in [2.75, 3.05) is 6.61 Å². The van der Waals surface area contributed by atoms with Crippen LogP contribution in [0, 0.1) is 5.92 Å². The fraction of sp³-hybridized carbons (Fsp3) is 0.115. The molecular formula is C26H22N4O3. The van der Waals surface area contributed by atoms with Gasteiger partial charge in [-0.1, -0.05) is 66.7 Å². The Balaban J connectivity index is 1.34. The van der Waals surface area contributed by atoms with Crippen LogP contribution in [-0.4, -0.2) is 28.2 Å². The summed E-state index contributed by atoms with van der Waals surface area (Å²) in [6, 6.07) is 26.7. The molecule has 0 fully saturated rings. The predicted molar refractivity (Wildman–Crippen MR) is 124 cm³/mol. The number of hydrazine groups is 1. The quantitative estimate of drug-likeness (QED) is 0.477. The van der Waals surface area contributed by atoms with Gasteiger partial charge in [0.15, 0.2) is 0 Å². The van der Waals surface area contributed by atoms with Gasteiger partial charge in [0.25, 0.3) is 5.91 Å². The number of amides is 2. The number of hydrogen-bond acceptors (Lipinski definition) is 4. The summed E-state index contributed by atoms with van der Waals surface area (Å²) in [5, 5.41) is 4.64. The van der Waals surface area contributed by atoms with Crippen molar-refractivity contribution >= 4 is 11.8 Å². The average molecular weight is 438 g/mol. The van der Waals surface area contributed by atoms with Crippen LogP contribution in [0.2, 0.25) is 0 Å². The van der Waals surface area contributed by atoms with Gasteiger partial charge in [0.2, 0.25) is 5.91 Å². The van der Waals surface area contributed by atoms with E-state index in [2.05, 4.69) is 16.0 Å². The molecule has 33 heavy (non-hydrogen) atoms. The van der Waals surface area contributed by atoms with Crippen LogP contribution in [0.15, 0.2) is 91.1 Å². The van der Waals surface area contributed by atoms with Crippen LogP contribution in [-0.2, 0) is 11.2 Å². The van der Waals surface area contributed by atoms with Crippen molar-refractivity contribution in [3.63, 3.8) is 0 Å². The summed E-state index contributed by atoms with van der Waals surface area (Å²) in [7, 11) is 0. The Labute approximate surface area is 191 Å². The lowest BCUT2D eigenvalue weighted by molar-refractivity contribution is -0.127. The highest BCUT2D eigenvalue weighted by atomic mass is 16.5. The van der Waals surface area contributed by atoms with Gasteiger partial charge in [-0.2, -0.15) is 5.10 Å². The van der Waals surface area contributed by atoms with E-state index in [-0.39, 0.29) is 18.4 Å². The number of ether oxygens (including phenoxy) is 1. The highest BCUT2D eigenvalue weighted by molar-refractivity contribution is 6.00. The van der Waals surface area contributed by atoms with E-state index in [1.54, 1.807) is 10.9 Å². The smallest absolute Gasteiger partial charge is 0.273 e. The largest absolute Gasteiger partial charge is 0.492 e. The normalized spacial score (nSPS) is 14.6. The molecule has 1 atom stereocenters. The van der Waals surface area contributed by atoms with Crippen LogP contribution in [0.5, 0.6) is 5.75 Å². The standard InChI is InChI=1S/C26H22N4O3/c31-25(20-15-19-11-7-8-14-23(19)33-17-20)27-28-26(32)22-16-30(21-12-5-2-6-13-21)29-24(22)18-9-3-1-4-10-18/h1-14,16,20H,15,17H2,(H,27,31)(H,28,32). The monoisotopic (exact) mass is 438 g/mol. The molecule has 3 aromatic carbocycles. The van der Waals surface area contributed by atoms with Crippen molar-refractivity contribution < 1.29 is 14.3 Å². The second-order valence-electron chi connectivity index (χ2n) is 7.80. The van der Waals surface area contributed by atoms with Crippen molar-refractivity contribution in [2.45, 2.75) is 6.42 Å². The molecule has 0 saturated heterocycles. The van der Waals surface area contributed by atoms with Crippen LogP contribution >= 0.6 is 0 Å². The molecule has 2 amide bonds. The van der Waals surface area contributed by atoms with Gasteiger partial charge < -0.3 is 4.74 Å². The van der Waals surface area contributed by atoms with Gasteiger partial charge >= 0.3 is 0 Å². The number of para-hydroxylation sites is 2. The Bertz CT molecular complexity index is 1290. The summed E-state index contributed by atoms with van der Waals surface area (Å²) in [5.74, 6) is -0.330. The molecule has 2 heterocycles. The Hall–Kier alpha value is -4.39. The summed E-state index contributed by atoms with van der Waals surface area (Å²) < 4.78 is 7.35. The Morgan fingerprint density at radius 1 is 0.879 bits per heavy atom. The number of nitrogens with one attached hydrogen (secondary N) is 2. The third-order valence-electron chi connectivity index (χ3n) is 5.58. The highest BCUT2D eigenvalue weighted by Gasteiger charge is 2.27. The maximum absolute atomic E-state index is 13.1. The van der Waals surface area contributed by atoms with Crippen molar-refractivity contribution in [1.29, 1.82) is 0 Å². The van der Waals surface area contributed by atoms with Crippen molar-refractivity contribution in [1.82, 2.24) is 20.6 Å². The van der Waals surface area contributed by atoms with Crippen LogP contribution < -0.4 is 15.6 Å². The molecule has 1 unspecified atom stereocenters. The lowest BCUT2D eigenvalue weighted by atomic mass is 9.96. The van der Waals surface area contributed by atoms with E-state index in [1.807, 2.05) is 84.9 Å². The number of carbonyl (C=O) groups excluding carboxylic acids is 2. The van der Waals surface area contributed by atoms with Crippen molar-refractivity contribution in [3.05, 3.63) is 102 Å². The summed E-state index contributed by atoms with van der Waals surface area (Å²) in [6.07, 6.45) is 2.22. The van der Waals surface area contributed by atoms with Gasteiger partial charge in [0.05, 0.1) is 17.2 Å². The van der Waals surface area contributed by atoms with Crippen LogP contribution in [0.1, 0.15) is 15.9 Å². The second kappa shape index (κ2) is 9.00. The lowest BCUT2D eigenvalue weighted by Crippen LogP contribution is -2.47. The SMILES string of the molecule is O=C(NNC(=O)C1COc2ccccc2C1)c1cn(-c2ccccc2)nc1-c1ccccc1. The number of benzene rings is 3. The van der Waals surface area contributed by atoms with Gasteiger partial charge in [-0.3, -0.25) is 20.4 Å². The minimum Gasteiger partial charge on any atom is -0.492 e. The maximum Gasteiger partial charge on any atom is 0.273 e. The number of hydrogen-bond donors (Lipinski definition) is 2. The summed E-state index contributed by atoms with van der Waals surface area (Å²) in [4.78, 5) is 25.8. The molecule has 0 bridgehead atoms. The van der Waals surface area contributed by atoms with Gasteiger partial charge in [0.1, 0.15) is 18.1 Å². The third kappa shape index (κ3) is 4.34. The van der Waals surface area contributed by atoms with E-state index in [0.29, 0.717) is 17.7 Å². The Kier molecular flexibility index (Phi) is 5.59. The minimum absolute atomic E-state index is 0.264. The predicted octanol–water partition coefficient (Wildman–Crippen LogP) is 3.55. The van der Waals surface area contributed by atoms with Gasteiger partial charge in [-0.05, 0) is 30.2 Å². The van der Waals surface area contributed by atoms with E-state index >= 15 is 0 Å². The summed E-state index contributed by atoms with van der Waals surface area (Å²) in [6.45, 7) is 0.264. The van der Waals surface area contributed by atoms with Crippen LogP contribution in [0.4, 0.5) is 0 Å². The van der Waals surface area contributed by atoms with E-state index in [4.69, 9.17) is 4.74 Å². The fourth-order valence-corrected chi connectivity index (χ4v) is 3.85. The maximum atomic E-state index is 13.1. The first-order valence-corrected chi connectivity index (χ1v) is 10.7. The summed E-state index contributed by atoms with van der Waals surface area (Å²) >= 11 is 0. The molecule has 0 spiro atoms.